The SMILES string of the molecule is CC(=O)NC1CCN(C(=O)Cc2ccc(N)cc2)C1. The molecule has 1 aliphatic heterocycles. The summed E-state index contributed by atoms with van der Waals surface area (Å²) in [6.07, 6.45) is 1.21. The Labute approximate surface area is 112 Å². The van der Waals surface area contributed by atoms with Crippen LogP contribution in [0.4, 0.5) is 5.69 Å². The van der Waals surface area contributed by atoms with Crippen LogP contribution < -0.4 is 11.1 Å². The molecule has 1 fully saturated rings. The van der Waals surface area contributed by atoms with E-state index in [1.807, 2.05) is 12.1 Å². The third kappa shape index (κ3) is 3.71. The van der Waals surface area contributed by atoms with E-state index in [4.69, 9.17) is 5.73 Å². The Balaban J connectivity index is 1.87. The van der Waals surface area contributed by atoms with Gasteiger partial charge in [0, 0.05) is 31.7 Å². The van der Waals surface area contributed by atoms with E-state index in [0.29, 0.717) is 25.2 Å². The van der Waals surface area contributed by atoms with Crippen LogP contribution in [0.2, 0.25) is 0 Å². The molecule has 1 heterocycles. The summed E-state index contributed by atoms with van der Waals surface area (Å²) in [5, 5.41) is 2.85. The molecule has 1 aliphatic rings. The van der Waals surface area contributed by atoms with Gasteiger partial charge in [-0.25, -0.2) is 0 Å². The summed E-state index contributed by atoms with van der Waals surface area (Å²) in [6, 6.07) is 7.43. The van der Waals surface area contributed by atoms with Crippen molar-refractivity contribution in [2.45, 2.75) is 25.8 Å². The first-order chi connectivity index (χ1) is 9.04. The summed E-state index contributed by atoms with van der Waals surface area (Å²) >= 11 is 0. The number of anilines is 1. The summed E-state index contributed by atoms with van der Waals surface area (Å²) in [4.78, 5) is 24.9. The van der Waals surface area contributed by atoms with Crippen molar-refractivity contribution in [2.75, 3.05) is 18.8 Å². The number of rotatable bonds is 3. The van der Waals surface area contributed by atoms with Gasteiger partial charge in [0.1, 0.15) is 0 Å². The van der Waals surface area contributed by atoms with Gasteiger partial charge in [-0.1, -0.05) is 12.1 Å². The molecular weight excluding hydrogens is 242 g/mol. The quantitative estimate of drug-likeness (QED) is 0.780. The molecule has 3 N–H and O–H groups in total. The lowest BCUT2D eigenvalue weighted by molar-refractivity contribution is -0.129. The largest absolute Gasteiger partial charge is 0.399 e. The molecule has 2 amide bonds. The number of likely N-dealkylation sites (tertiary alicyclic amines) is 1. The lowest BCUT2D eigenvalue weighted by Crippen LogP contribution is -2.37. The van der Waals surface area contributed by atoms with Crippen LogP contribution in [0.3, 0.4) is 0 Å². The third-order valence-corrected chi connectivity index (χ3v) is 3.28. The van der Waals surface area contributed by atoms with Crippen molar-refractivity contribution in [1.82, 2.24) is 10.2 Å². The van der Waals surface area contributed by atoms with E-state index >= 15 is 0 Å². The second kappa shape index (κ2) is 5.73. The fraction of sp³-hybridized carbons (Fsp3) is 0.429. The van der Waals surface area contributed by atoms with Gasteiger partial charge in [-0.2, -0.15) is 0 Å². The molecule has 1 aromatic rings. The van der Waals surface area contributed by atoms with E-state index in [1.54, 1.807) is 17.0 Å². The van der Waals surface area contributed by atoms with Crippen molar-refractivity contribution >= 4 is 17.5 Å². The van der Waals surface area contributed by atoms with Crippen LogP contribution in [-0.2, 0) is 16.0 Å². The average Bonchev–Trinajstić information content (AvgIpc) is 2.80. The minimum atomic E-state index is -0.0437. The molecule has 0 saturated carbocycles. The first-order valence-corrected chi connectivity index (χ1v) is 6.44. The smallest absolute Gasteiger partial charge is 0.227 e. The number of nitrogens with two attached hydrogens (primary N) is 1. The Hall–Kier alpha value is -2.04. The first-order valence-electron chi connectivity index (χ1n) is 6.44. The van der Waals surface area contributed by atoms with Crippen molar-refractivity contribution in [3.63, 3.8) is 0 Å². The summed E-state index contributed by atoms with van der Waals surface area (Å²) in [5.41, 5.74) is 7.27. The van der Waals surface area contributed by atoms with E-state index < -0.39 is 0 Å². The molecule has 102 valence electrons. The minimum Gasteiger partial charge on any atom is -0.399 e. The number of carbonyl (C=O) groups is 2. The maximum absolute atomic E-state index is 12.1. The molecule has 0 aliphatic carbocycles. The first kappa shape index (κ1) is 13.4. The van der Waals surface area contributed by atoms with Gasteiger partial charge in [0.05, 0.1) is 6.42 Å². The van der Waals surface area contributed by atoms with Crippen molar-refractivity contribution in [2.24, 2.45) is 0 Å². The maximum atomic E-state index is 12.1. The average molecular weight is 261 g/mol. The summed E-state index contributed by atoms with van der Waals surface area (Å²) in [7, 11) is 0. The Morgan fingerprint density at radius 3 is 2.68 bits per heavy atom. The summed E-state index contributed by atoms with van der Waals surface area (Å²) in [5.74, 6) is 0.0513. The lowest BCUT2D eigenvalue weighted by atomic mass is 10.1. The van der Waals surface area contributed by atoms with Crippen molar-refractivity contribution in [3.8, 4) is 0 Å². The number of hydrogen-bond acceptors (Lipinski definition) is 3. The zero-order valence-electron chi connectivity index (χ0n) is 11.1. The molecule has 19 heavy (non-hydrogen) atoms. The van der Waals surface area contributed by atoms with Gasteiger partial charge < -0.3 is 16.0 Å². The van der Waals surface area contributed by atoms with Crippen LogP contribution >= 0.6 is 0 Å². The molecule has 5 nitrogen and oxygen atoms in total. The van der Waals surface area contributed by atoms with Gasteiger partial charge in [-0.3, -0.25) is 9.59 Å². The van der Waals surface area contributed by atoms with Crippen LogP contribution in [0.25, 0.3) is 0 Å². The van der Waals surface area contributed by atoms with Gasteiger partial charge >= 0.3 is 0 Å². The molecule has 0 aromatic heterocycles. The number of nitrogens with zero attached hydrogens (tertiary/aromatic N) is 1. The highest BCUT2D eigenvalue weighted by atomic mass is 16.2. The lowest BCUT2D eigenvalue weighted by Gasteiger charge is -2.17. The predicted molar refractivity (Wildman–Crippen MR) is 73.4 cm³/mol. The molecular formula is C14H19N3O2. The minimum absolute atomic E-state index is 0.0437. The highest BCUT2D eigenvalue weighted by molar-refractivity contribution is 5.79. The van der Waals surface area contributed by atoms with Gasteiger partial charge in [0.15, 0.2) is 0 Å². The Morgan fingerprint density at radius 2 is 2.05 bits per heavy atom. The number of nitrogen functional groups attached to an aromatic ring is 1. The number of hydrogen-bond donors (Lipinski definition) is 2. The van der Waals surface area contributed by atoms with E-state index in [2.05, 4.69) is 5.32 Å². The second-order valence-corrected chi connectivity index (χ2v) is 4.94. The van der Waals surface area contributed by atoms with Crippen molar-refractivity contribution < 1.29 is 9.59 Å². The Morgan fingerprint density at radius 1 is 1.37 bits per heavy atom. The normalized spacial score (nSPS) is 18.4. The summed E-state index contributed by atoms with van der Waals surface area (Å²) in [6.45, 7) is 2.81. The van der Waals surface area contributed by atoms with E-state index in [-0.39, 0.29) is 17.9 Å². The van der Waals surface area contributed by atoms with Crippen molar-refractivity contribution in [3.05, 3.63) is 29.8 Å². The Bertz CT molecular complexity index is 470. The van der Waals surface area contributed by atoms with Crippen LogP contribution in [0.1, 0.15) is 18.9 Å². The molecule has 1 atom stereocenters. The van der Waals surface area contributed by atoms with Gasteiger partial charge in [-0.15, -0.1) is 0 Å². The van der Waals surface area contributed by atoms with Crippen molar-refractivity contribution in [1.29, 1.82) is 0 Å². The van der Waals surface area contributed by atoms with Crippen LogP contribution in [-0.4, -0.2) is 35.8 Å². The van der Waals surface area contributed by atoms with Gasteiger partial charge in [0.25, 0.3) is 0 Å². The fourth-order valence-electron chi connectivity index (χ4n) is 2.31. The molecule has 1 aromatic carbocycles. The number of amides is 2. The highest BCUT2D eigenvalue weighted by Gasteiger charge is 2.26. The molecule has 0 radical (unpaired) electrons. The van der Waals surface area contributed by atoms with E-state index in [9.17, 15) is 9.59 Å². The Kier molecular flexibility index (Phi) is 4.04. The van der Waals surface area contributed by atoms with E-state index in [1.165, 1.54) is 6.92 Å². The standard InChI is InChI=1S/C14H19N3O2/c1-10(18)16-13-6-7-17(9-13)14(19)8-11-2-4-12(15)5-3-11/h2-5,13H,6-9,15H2,1H3,(H,16,18). The van der Waals surface area contributed by atoms with Gasteiger partial charge in [0.2, 0.25) is 11.8 Å². The highest BCUT2D eigenvalue weighted by Crippen LogP contribution is 2.13. The number of benzene rings is 1. The predicted octanol–water partition coefficient (Wildman–Crippen LogP) is 0.548. The molecule has 1 saturated heterocycles. The van der Waals surface area contributed by atoms with Crippen LogP contribution in [0.15, 0.2) is 24.3 Å². The topological polar surface area (TPSA) is 75.4 Å². The fourth-order valence-corrected chi connectivity index (χ4v) is 2.31. The monoisotopic (exact) mass is 261 g/mol. The number of carbonyl (C=O) groups excluding carboxylic acids is 2. The molecule has 0 spiro atoms. The zero-order valence-corrected chi connectivity index (χ0v) is 11.1. The molecule has 0 bridgehead atoms. The van der Waals surface area contributed by atoms with Crippen LogP contribution in [0.5, 0.6) is 0 Å². The number of nitrogens with one attached hydrogen (secondary N) is 1. The second-order valence-electron chi connectivity index (χ2n) is 4.94. The molecule has 1 unspecified atom stereocenters. The zero-order chi connectivity index (χ0) is 13.8. The third-order valence-electron chi connectivity index (χ3n) is 3.28. The molecule has 5 heteroatoms. The summed E-state index contributed by atoms with van der Waals surface area (Å²) < 4.78 is 0. The molecule has 2 rings (SSSR count). The van der Waals surface area contributed by atoms with Gasteiger partial charge in [-0.05, 0) is 24.1 Å². The maximum Gasteiger partial charge on any atom is 0.227 e. The van der Waals surface area contributed by atoms with E-state index in [0.717, 1.165) is 12.0 Å². The van der Waals surface area contributed by atoms with Crippen LogP contribution in [0, 0.1) is 0 Å².